The maximum absolute atomic E-state index is 12.1. The lowest BCUT2D eigenvalue weighted by Gasteiger charge is -2.08. The van der Waals surface area contributed by atoms with E-state index in [0.29, 0.717) is 5.69 Å². The van der Waals surface area contributed by atoms with E-state index in [0.717, 1.165) is 11.1 Å². The van der Waals surface area contributed by atoms with Crippen molar-refractivity contribution in [2.45, 2.75) is 13.8 Å². The lowest BCUT2D eigenvalue weighted by atomic mass is 10.1. The Hall–Kier alpha value is -2.69. The van der Waals surface area contributed by atoms with Crippen LogP contribution >= 0.6 is 0 Å². The first-order valence-corrected chi connectivity index (χ1v) is 6.11. The minimum absolute atomic E-state index is 0.0516. The maximum Gasteiger partial charge on any atom is 0.282 e. The van der Waals surface area contributed by atoms with Gasteiger partial charge >= 0.3 is 0 Å². The van der Waals surface area contributed by atoms with Crippen LogP contribution < -0.4 is 5.32 Å². The maximum atomic E-state index is 12.1. The molecular weight excluding hydrogens is 256 g/mol. The molecular formula is C15H14N2O3. The second-order valence-corrected chi connectivity index (χ2v) is 4.53. The van der Waals surface area contributed by atoms with E-state index in [1.807, 2.05) is 26.0 Å². The molecule has 5 heteroatoms. The normalized spacial score (nSPS) is 10.1. The van der Waals surface area contributed by atoms with Crippen LogP contribution in [0.2, 0.25) is 0 Å². The fourth-order valence-corrected chi connectivity index (χ4v) is 1.84. The summed E-state index contributed by atoms with van der Waals surface area (Å²) in [5.41, 5.74) is 2.64. The molecule has 0 aliphatic rings. The average molecular weight is 270 g/mol. The summed E-state index contributed by atoms with van der Waals surface area (Å²) in [5, 5.41) is 13.6. The number of carbonyl (C=O) groups is 1. The molecule has 20 heavy (non-hydrogen) atoms. The van der Waals surface area contributed by atoms with Gasteiger partial charge in [-0.2, -0.15) is 0 Å². The van der Waals surface area contributed by atoms with Gasteiger partial charge in [0.25, 0.3) is 11.6 Å². The highest BCUT2D eigenvalue weighted by Crippen LogP contribution is 2.20. The van der Waals surface area contributed by atoms with E-state index in [2.05, 4.69) is 5.32 Å². The van der Waals surface area contributed by atoms with Crippen molar-refractivity contribution < 1.29 is 9.72 Å². The molecule has 0 bridgehead atoms. The van der Waals surface area contributed by atoms with Gasteiger partial charge in [0.1, 0.15) is 5.56 Å². The Morgan fingerprint density at radius 2 is 1.80 bits per heavy atom. The van der Waals surface area contributed by atoms with E-state index >= 15 is 0 Å². The van der Waals surface area contributed by atoms with Crippen molar-refractivity contribution in [1.82, 2.24) is 0 Å². The van der Waals surface area contributed by atoms with E-state index in [9.17, 15) is 14.9 Å². The second-order valence-electron chi connectivity index (χ2n) is 4.53. The number of rotatable bonds is 3. The summed E-state index contributed by atoms with van der Waals surface area (Å²) in [6.45, 7) is 3.92. The van der Waals surface area contributed by atoms with Gasteiger partial charge < -0.3 is 5.32 Å². The Morgan fingerprint density at radius 1 is 1.10 bits per heavy atom. The molecule has 102 valence electrons. The molecule has 0 fully saturated rings. The number of aryl methyl sites for hydroxylation is 2. The van der Waals surface area contributed by atoms with Gasteiger partial charge in [-0.1, -0.05) is 18.2 Å². The van der Waals surface area contributed by atoms with Gasteiger partial charge in [0.05, 0.1) is 4.92 Å². The summed E-state index contributed by atoms with van der Waals surface area (Å²) < 4.78 is 0. The smallest absolute Gasteiger partial charge is 0.282 e. The van der Waals surface area contributed by atoms with E-state index < -0.39 is 10.8 Å². The fraction of sp³-hybridized carbons (Fsp3) is 0.133. The average Bonchev–Trinajstić information content (AvgIpc) is 2.43. The van der Waals surface area contributed by atoms with Crippen LogP contribution in [0.1, 0.15) is 21.5 Å². The van der Waals surface area contributed by atoms with Gasteiger partial charge in [0, 0.05) is 11.8 Å². The van der Waals surface area contributed by atoms with Gasteiger partial charge in [-0.25, -0.2) is 0 Å². The van der Waals surface area contributed by atoms with Crippen molar-refractivity contribution in [2.24, 2.45) is 0 Å². The Kier molecular flexibility index (Phi) is 3.79. The van der Waals surface area contributed by atoms with Crippen LogP contribution in [0, 0.1) is 24.0 Å². The first-order chi connectivity index (χ1) is 9.49. The quantitative estimate of drug-likeness (QED) is 0.685. The SMILES string of the molecule is Cc1ccc(NC(=O)c2ccccc2[N+](=O)[O-])cc1C. The molecule has 5 nitrogen and oxygen atoms in total. The van der Waals surface area contributed by atoms with Crippen molar-refractivity contribution in [3.05, 3.63) is 69.3 Å². The highest BCUT2D eigenvalue weighted by atomic mass is 16.6. The van der Waals surface area contributed by atoms with Gasteiger partial charge in [0.2, 0.25) is 0 Å². The molecule has 2 aromatic rings. The number of nitro benzene ring substituents is 1. The monoisotopic (exact) mass is 270 g/mol. The molecule has 1 N–H and O–H groups in total. The first-order valence-electron chi connectivity index (χ1n) is 6.11. The molecule has 0 saturated carbocycles. The van der Waals surface area contributed by atoms with Crippen molar-refractivity contribution in [3.8, 4) is 0 Å². The van der Waals surface area contributed by atoms with E-state index in [4.69, 9.17) is 0 Å². The molecule has 0 radical (unpaired) electrons. The van der Waals surface area contributed by atoms with Crippen LogP contribution in [-0.4, -0.2) is 10.8 Å². The molecule has 0 aromatic heterocycles. The van der Waals surface area contributed by atoms with Gasteiger partial charge in [0.15, 0.2) is 0 Å². The topological polar surface area (TPSA) is 72.2 Å². The summed E-state index contributed by atoms with van der Waals surface area (Å²) in [5.74, 6) is -0.486. The van der Waals surface area contributed by atoms with Gasteiger partial charge in [-0.05, 0) is 43.2 Å². The number of hydrogen-bond donors (Lipinski definition) is 1. The first kappa shape index (κ1) is 13.7. The summed E-state index contributed by atoms with van der Waals surface area (Å²) in [4.78, 5) is 22.5. The Bertz CT molecular complexity index is 681. The van der Waals surface area contributed by atoms with Crippen molar-refractivity contribution >= 4 is 17.3 Å². The molecule has 0 atom stereocenters. The number of nitro groups is 1. The van der Waals surface area contributed by atoms with Crippen LogP contribution in [0.3, 0.4) is 0 Å². The van der Waals surface area contributed by atoms with Gasteiger partial charge in [-0.3, -0.25) is 14.9 Å². The third-order valence-electron chi connectivity index (χ3n) is 3.11. The Balaban J connectivity index is 2.28. The number of para-hydroxylation sites is 1. The van der Waals surface area contributed by atoms with Gasteiger partial charge in [-0.15, -0.1) is 0 Å². The number of anilines is 1. The molecule has 0 aliphatic heterocycles. The van der Waals surface area contributed by atoms with E-state index in [1.54, 1.807) is 12.1 Å². The third-order valence-corrected chi connectivity index (χ3v) is 3.11. The number of hydrogen-bond acceptors (Lipinski definition) is 3. The van der Waals surface area contributed by atoms with Crippen LogP contribution in [0.4, 0.5) is 11.4 Å². The number of nitrogens with one attached hydrogen (secondary N) is 1. The predicted octanol–water partition coefficient (Wildman–Crippen LogP) is 3.46. The standard InChI is InChI=1S/C15H14N2O3/c1-10-7-8-12(9-11(10)2)16-15(18)13-5-3-4-6-14(13)17(19)20/h3-9H,1-2H3,(H,16,18). The highest BCUT2D eigenvalue weighted by Gasteiger charge is 2.19. The zero-order valence-electron chi connectivity index (χ0n) is 11.2. The molecule has 2 rings (SSSR count). The molecule has 0 unspecified atom stereocenters. The fourth-order valence-electron chi connectivity index (χ4n) is 1.84. The van der Waals surface area contributed by atoms with Crippen LogP contribution in [-0.2, 0) is 0 Å². The second kappa shape index (κ2) is 5.52. The molecule has 0 heterocycles. The minimum Gasteiger partial charge on any atom is -0.322 e. The largest absolute Gasteiger partial charge is 0.322 e. The summed E-state index contributed by atoms with van der Waals surface area (Å²) in [6, 6.07) is 11.4. The molecule has 0 aliphatic carbocycles. The third kappa shape index (κ3) is 2.83. The lowest BCUT2D eigenvalue weighted by molar-refractivity contribution is -0.385. The van der Waals surface area contributed by atoms with E-state index in [-0.39, 0.29) is 11.3 Å². The summed E-state index contributed by atoms with van der Waals surface area (Å²) in [7, 11) is 0. The Labute approximate surface area is 116 Å². The van der Waals surface area contributed by atoms with Crippen LogP contribution in [0.25, 0.3) is 0 Å². The zero-order chi connectivity index (χ0) is 14.7. The van der Waals surface area contributed by atoms with Crippen molar-refractivity contribution in [1.29, 1.82) is 0 Å². The number of carbonyl (C=O) groups excluding carboxylic acids is 1. The van der Waals surface area contributed by atoms with Crippen molar-refractivity contribution in [2.75, 3.05) is 5.32 Å². The molecule has 2 aromatic carbocycles. The van der Waals surface area contributed by atoms with Crippen LogP contribution in [0.5, 0.6) is 0 Å². The Morgan fingerprint density at radius 3 is 2.45 bits per heavy atom. The van der Waals surface area contributed by atoms with E-state index in [1.165, 1.54) is 18.2 Å². The summed E-state index contributed by atoms with van der Waals surface area (Å²) >= 11 is 0. The zero-order valence-corrected chi connectivity index (χ0v) is 11.2. The van der Waals surface area contributed by atoms with Crippen molar-refractivity contribution in [3.63, 3.8) is 0 Å². The molecule has 0 saturated heterocycles. The number of amides is 1. The highest BCUT2D eigenvalue weighted by molar-refractivity contribution is 6.07. The van der Waals surface area contributed by atoms with Crippen LogP contribution in [0.15, 0.2) is 42.5 Å². The minimum atomic E-state index is -0.560. The lowest BCUT2D eigenvalue weighted by Crippen LogP contribution is -2.14. The molecule has 0 spiro atoms. The molecule has 1 amide bonds. The number of nitrogens with zero attached hydrogens (tertiary/aromatic N) is 1. The summed E-state index contributed by atoms with van der Waals surface area (Å²) in [6.07, 6.45) is 0. The predicted molar refractivity (Wildman–Crippen MR) is 77.0 cm³/mol. The number of benzene rings is 2.